The molecule has 168 valence electrons. The first-order valence-corrected chi connectivity index (χ1v) is 11.2. The number of carbonyl (C=O) groups is 2. The molecule has 0 aliphatic heterocycles. The van der Waals surface area contributed by atoms with E-state index in [9.17, 15) is 14.9 Å². The van der Waals surface area contributed by atoms with E-state index in [1.54, 1.807) is 12.1 Å². The van der Waals surface area contributed by atoms with E-state index in [1.807, 2.05) is 65.9 Å². The number of hydrogen-bond acceptors (Lipinski definition) is 6. The first-order valence-electron chi connectivity index (χ1n) is 10.1. The summed E-state index contributed by atoms with van der Waals surface area (Å²) in [6.45, 7) is 2.42. The summed E-state index contributed by atoms with van der Waals surface area (Å²) in [6, 6.07) is 15.4. The number of esters is 1. The van der Waals surface area contributed by atoms with Crippen molar-refractivity contribution in [2.75, 3.05) is 26.9 Å². The molecule has 0 heterocycles. The molecule has 0 fully saturated rings. The molecule has 0 unspecified atom stereocenters. The molecule has 0 bridgehead atoms. The number of nitriles is 1. The second-order valence-corrected chi connectivity index (χ2v) is 7.80. The van der Waals surface area contributed by atoms with Crippen molar-refractivity contribution in [3.05, 3.63) is 62.7 Å². The lowest BCUT2D eigenvalue weighted by atomic mass is 10.1. The number of hydrogen-bond donors (Lipinski definition) is 1. The predicted molar refractivity (Wildman–Crippen MR) is 129 cm³/mol. The van der Waals surface area contributed by atoms with Crippen LogP contribution in [0.2, 0.25) is 0 Å². The van der Waals surface area contributed by atoms with Crippen LogP contribution in [0.3, 0.4) is 0 Å². The molecule has 7 nitrogen and oxygen atoms in total. The van der Waals surface area contributed by atoms with Gasteiger partial charge >= 0.3 is 5.97 Å². The zero-order valence-corrected chi connectivity index (χ0v) is 20.2. The van der Waals surface area contributed by atoms with Crippen LogP contribution in [-0.4, -0.2) is 38.7 Å². The maximum Gasteiger partial charge on any atom is 0.343 e. The smallest absolute Gasteiger partial charge is 0.343 e. The number of aryl methyl sites for hydroxylation is 1. The summed E-state index contributed by atoms with van der Waals surface area (Å²) in [4.78, 5) is 23.9. The van der Waals surface area contributed by atoms with Gasteiger partial charge in [0.1, 0.15) is 11.6 Å². The Labute approximate surface area is 201 Å². The molecule has 1 N–H and O–H groups in total. The van der Waals surface area contributed by atoms with E-state index in [-0.39, 0.29) is 12.2 Å². The maximum atomic E-state index is 12.5. The fraction of sp³-hybridized carbons (Fsp3) is 0.292. The molecule has 8 heteroatoms. The second kappa shape index (κ2) is 13.4. The topological polar surface area (TPSA) is 97.6 Å². The fourth-order valence-corrected chi connectivity index (χ4v) is 3.59. The van der Waals surface area contributed by atoms with Gasteiger partial charge in [0.05, 0.1) is 17.3 Å². The highest BCUT2D eigenvalue weighted by Gasteiger charge is 2.15. The molecular weight excluding hydrogens is 523 g/mol. The summed E-state index contributed by atoms with van der Waals surface area (Å²) in [6.07, 6.45) is 3.12. The Hall–Kier alpha value is -3.06. The predicted octanol–water partition coefficient (Wildman–Crippen LogP) is 3.90. The van der Waals surface area contributed by atoms with E-state index in [1.165, 1.54) is 18.7 Å². The van der Waals surface area contributed by atoms with Crippen molar-refractivity contribution in [1.29, 1.82) is 5.26 Å². The first kappa shape index (κ1) is 25.2. The van der Waals surface area contributed by atoms with Gasteiger partial charge in [0.2, 0.25) is 0 Å². The van der Waals surface area contributed by atoms with Crippen LogP contribution in [0.25, 0.3) is 6.08 Å². The van der Waals surface area contributed by atoms with Gasteiger partial charge in [-0.2, -0.15) is 5.26 Å². The number of amides is 1. The van der Waals surface area contributed by atoms with E-state index < -0.39 is 11.9 Å². The molecule has 1 amide bonds. The Morgan fingerprint density at radius 2 is 1.94 bits per heavy atom. The molecule has 2 rings (SSSR count). The minimum atomic E-state index is -0.511. The zero-order valence-electron chi connectivity index (χ0n) is 18.0. The number of ether oxygens (including phenoxy) is 3. The van der Waals surface area contributed by atoms with Gasteiger partial charge in [0, 0.05) is 6.54 Å². The normalized spacial score (nSPS) is 10.8. The lowest BCUT2D eigenvalue weighted by Gasteiger charge is -2.14. The molecule has 0 radical (unpaired) electrons. The number of nitrogens with zero attached hydrogens (tertiary/aromatic N) is 1. The van der Waals surface area contributed by atoms with Gasteiger partial charge in [0.25, 0.3) is 5.91 Å². The molecule has 0 saturated heterocycles. The average Bonchev–Trinajstić information content (AvgIpc) is 2.80. The van der Waals surface area contributed by atoms with Crippen LogP contribution in [0.4, 0.5) is 0 Å². The Morgan fingerprint density at radius 3 is 2.59 bits per heavy atom. The molecule has 32 heavy (non-hydrogen) atoms. The highest BCUT2D eigenvalue weighted by atomic mass is 127. The molecule has 0 saturated carbocycles. The van der Waals surface area contributed by atoms with E-state index in [0.717, 1.165) is 12.8 Å². The Kier molecular flexibility index (Phi) is 10.5. The summed E-state index contributed by atoms with van der Waals surface area (Å²) < 4.78 is 16.4. The Morgan fingerprint density at radius 1 is 1.19 bits per heavy atom. The second-order valence-electron chi connectivity index (χ2n) is 6.64. The van der Waals surface area contributed by atoms with Gasteiger partial charge in [-0.3, -0.25) is 4.79 Å². The zero-order chi connectivity index (χ0) is 23.3. The fourth-order valence-electron chi connectivity index (χ4n) is 2.81. The average molecular weight is 548 g/mol. The SMILES string of the molecule is CCOc1cc(/C=C(/C#N)C(=O)NCCCc2ccccc2)cc(I)c1OCC(=O)OC. The largest absolute Gasteiger partial charge is 0.490 e. The van der Waals surface area contributed by atoms with Crippen LogP contribution in [0.1, 0.15) is 24.5 Å². The third-order valence-corrected chi connectivity index (χ3v) is 5.14. The van der Waals surface area contributed by atoms with E-state index in [4.69, 9.17) is 9.47 Å². The van der Waals surface area contributed by atoms with Gasteiger partial charge in [-0.05, 0) is 71.7 Å². The molecule has 0 aliphatic carbocycles. The Balaban J connectivity index is 2.08. The molecule has 2 aromatic carbocycles. The summed E-state index contributed by atoms with van der Waals surface area (Å²) in [5.41, 5.74) is 1.80. The highest BCUT2D eigenvalue weighted by molar-refractivity contribution is 14.1. The van der Waals surface area contributed by atoms with Crippen LogP contribution in [0.5, 0.6) is 11.5 Å². The number of rotatable bonds is 11. The van der Waals surface area contributed by atoms with Crippen LogP contribution < -0.4 is 14.8 Å². The number of halogens is 1. The highest BCUT2D eigenvalue weighted by Crippen LogP contribution is 2.35. The monoisotopic (exact) mass is 548 g/mol. The minimum Gasteiger partial charge on any atom is -0.490 e. The third-order valence-electron chi connectivity index (χ3n) is 4.34. The van der Waals surface area contributed by atoms with Crippen LogP contribution in [0.15, 0.2) is 48.0 Å². The number of methoxy groups -OCH3 is 1. The van der Waals surface area contributed by atoms with Crippen molar-refractivity contribution in [3.8, 4) is 17.6 Å². The van der Waals surface area contributed by atoms with Crippen molar-refractivity contribution in [2.45, 2.75) is 19.8 Å². The van der Waals surface area contributed by atoms with E-state index in [2.05, 4.69) is 10.1 Å². The summed E-state index contributed by atoms with van der Waals surface area (Å²) in [5.74, 6) is -0.128. The minimum absolute atomic E-state index is 0.00816. The first-order chi connectivity index (χ1) is 15.5. The molecule has 0 aromatic heterocycles. The van der Waals surface area contributed by atoms with Gasteiger partial charge in [-0.25, -0.2) is 4.79 Å². The van der Waals surface area contributed by atoms with Gasteiger partial charge in [-0.15, -0.1) is 0 Å². The molecule has 0 aliphatic rings. The molecule has 0 spiro atoms. The van der Waals surface area contributed by atoms with E-state index >= 15 is 0 Å². The quantitative estimate of drug-likeness (QED) is 0.151. The van der Waals surface area contributed by atoms with Crippen molar-refractivity contribution in [3.63, 3.8) is 0 Å². The summed E-state index contributed by atoms with van der Waals surface area (Å²) in [5, 5.41) is 12.3. The Bertz CT molecular complexity index is 999. The lowest BCUT2D eigenvalue weighted by molar-refractivity contribution is -0.143. The van der Waals surface area contributed by atoms with Crippen LogP contribution in [-0.2, 0) is 20.7 Å². The van der Waals surface area contributed by atoms with Crippen molar-refractivity contribution < 1.29 is 23.8 Å². The van der Waals surface area contributed by atoms with Crippen molar-refractivity contribution in [1.82, 2.24) is 5.32 Å². The number of nitrogens with one attached hydrogen (secondary N) is 1. The van der Waals surface area contributed by atoms with Gasteiger partial charge in [-0.1, -0.05) is 30.3 Å². The van der Waals surface area contributed by atoms with Crippen LogP contribution in [0, 0.1) is 14.9 Å². The number of benzene rings is 2. The standard InChI is InChI=1S/C24H25IN2O5/c1-3-31-21-14-18(13-20(25)23(21)32-16-22(28)30-2)12-19(15-26)24(29)27-11-7-10-17-8-5-4-6-9-17/h4-6,8-9,12-14H,3,7,10-11,16H2,1-2H3,(H,27,29)/b19-12-. The molecular formula is C24H25IN2O5. The van der Waals surface area contributed by atoms with Crippen molar-refractivity contribution >= 4 is 40.5 Å². The summed E-state index contributed by atoms with van der Waals surface area (Å²) >= 11 is 2.05. The maximum absolute atomic E-state index is 12.5. The van der Waals surface area contributed by atoms with E-state index in [0.29, 0.717) is 33.8 Å². The van der Waals surface area contributed by atoms with Crippen LogP contribution >= 0.6 is 22.6 Å². The molecule has 2 aromatic rings. The lowest BCUT2D eigenvalue weighted by Crippen LogP contribution is -2.25. The van der Waals surface area contributed by atoms with Gasteiger partial charge in [0.15, 0.2) is 18.1 Å². The third kappa shape index (κ3) is 7.89. The summed E-state index contributed by atoms with van der Waals surface area (Å²) in [7, 11) is 1.28. The molecule has 0 atom stereocenters. The van der Waals surface area contributed by atoms with Crippen molar-refractivity contribution in [2.24, 2.45) is 0 Å². The number of carbonyl (C=O) groups excluding carboxylic acids is 2. The van der Waals surface area contributed by atoms with Gasteiger partial charge < -0.3 is 19.5 Å².